The molecule has 14 heteroatoms. The van der Waals surface area contributed by atoms with Gasteiger partial charge in [-0.25, -0.2) is 23.2 Å². The molecule has 2 aromatic carbocycles. The Morgan fingerprint density at radius 1 is 1.15 bits per heavy atom. The molecule has 1 fully saturated rings. The summed E-state index contributed by atoms with van der Waals surface area (Å²) in [5, 5.41) is 22.9. The third-order valence-corrected chi connectivity index (χ3v) is 8.90. The summed E-state index contributed by atoms with van der Waals surface area (Å²) in [5.41, 5.74) is 1.96. The monoisotopic (exact) mass is 570 g/mol. The van der Waals surface area contributed by atoms with Gasteiger partial charge in [-0.05, 0) is 36.6 Å². The molecule has 12 nitrogen and oxygen atoms in total. The van der Waals surface area contributed by atoms with Gasteiger partial charge in [0.2, 0.25) is 10.2 Å². The average Bonchev–Trinajstić information content (AvgIpc) is 3.58. The number of ether oxygens (including phenoxy) is 1. The molecule has 0 bridgehead atoms. The van der Waals surface area contributed by atoms with Gasteiger partial charge in [-0.2, -0.15) is 0 Å². The number of benzene rings is 2. The van der Waals surface area contributed by atoms with Crippen LogP contribution in [0.3, 0.4) is 0 Å². The van der Waals surface area contributed by atoms with E-state index in [4.69, 9.17) is 9.88 Å². The number of hydrogen-bond acceptors (Lipinski definition) is 9. The van der Waals surface area contributed by atoms with E-state index < -0.39 is 28.0 Å². The number of piperidine rings is 1. The molecule has 204 valence electrons. The number of nitrogens with zero attached hydrogens (tertiary/aromatic N) is 5. The highest BCUT2D eigenvalue weighted by Gasteiger charge is 2.32. The Morgan fingerprint density at radius 3 is 2.59 bits per heavy atom. The topological polar surface area (TPSA) is 171 Å². The molecule has 1 atom stereocenters. The molecule has 1 saturated heterocycles. The molecule has 3 heterocycles. The number of aromatic nitrogens is 4. The van der Waals surface area contributed by atoms with Crippen molar-refractivity contribution in [2.45, 2.75) is 36.3 Å². The van der Waals surface area contributed by atoms with Crippen LogP contribution in [0.5, 0.6) is 5.75 Å². The number of thiazole rings is 1. The predicted octanol–water partition coefficient (Wildman–Crippen LogP) is 2.22. The van der Waals surface area contributed by atoms with Crippen LogP contribution in [-0.2, 0) is 32.6 Å². The number of rotatable bonds is 9. The molecular formula is C25H26N6O6S2. The molecule has 4 aromatic rings. The van der Waals surface area contributed by atoms with Gasteiger partial charge in [0.1, 0.15) is 24.1 Å². The Bertz CT molecular complexity index is 1600. The third kappa shape index (κ3) is 6.24. The highest BCUT2D eigenvalue weighted by Crippen LogP contribution is 2.29. The number of carboxylic acid groups (broad SMARTS) is 1. The lowest BCUT2D eigenvalue weighted by Crippen LogP contribution is -2.44. The van der Waals surface area contributed by atoms with Crippen molar-refractivity contribution in [3.05, 3.63) is 66.0 Å². The number of hydrogen-bond donors (Lipinski definition) is 2. The second-order valence-corrected chi connectivity index (χ2v) is 12.0. The maximum absolute atomic E-state index is 13.6. The molecule has 0 saturated carbocycles. The number of aliphatic carboxylic acids is 1. The van der Waals surface area contributed by atoms with E-state index in [9.17, 15) is 23.1 Å². The smallest absolute Gasteiger partial charge is 0.306 e. The molecule has 0 spiro atoms. The van der Waals surface area contributed by atoms with E-state index in [1.165, 1.54) is 4.68 Å². The van der Waals surface area contributed by atoms with E-state index in [0.29, 0.717) is 54.0 Å². The Labute approximate surface area is 228 Å². The first-order valence-electron chi connectivity index (χ1n) is 12.2. The third-order valence-electron chi connectivity index (χ3n) is 6.56. The van der Waals surface area contributed by atoms with Crippen molar-refractivity contribution in [3.8, 4) is 5.75 Å². The Morgan fingerprint density at radius 2 is 1.90 bits per heavy atom. The maximum Gasteiger partial charge on any atom is 0.306 e. The van der Waals surface area contributed by atoms with E-state index in [2.05, 4.69) is 15.3 Å². The number of likely N-dealkylation sites (tertiary alicyclic amines) is 1. The number of primary sulfonamides is 1. The van der Waals surface area contributed by atoms with Gasteiger partial charge in [0, 0.05) is 19.5 Å². The Hall–Kier alpha value is -3.88. The summed E-state index contributed by atoms with van der Waals surface area (Å²) in [6.07, 6.45) is 2.90. The van der Waals surface area contributed by atoms with Crippen molar-refractivity contribution < 1.29 is 27.9 Å². The SMILES string of the molecule is NS(=O)(=O)c1nc2ccc(OCc3cn(C(Cc4ccccc4)C(=O)N4CCC(C(=O)O)CC4)nn3)cc2s1. The van der Waals surface area contributed by atoms with Crippen LogP contribution in [0, 0.1) is 5.92 Å². The largest absolute Gasteiger partial charge is 0.487 e. The van der Waals surface area contributed by atoms with Crippen LogP contribution in [0.1, 0.15) is 30.1 Å². The van der Waals surface area contributed by atoms with Gasteiger partial charge in [-0.1, -0.05) is 35.5 Å². The van der Waals surface area contributed by atoms with Crippen molar-refractivity contribution >= 4 is 43.5 Å². The molecule has 3 N–H and O–H groups in total. The van der Waals surface area contributed by atoms with Crippen molar-refractivity contribution in [1.82, 2.24) is 24.9 Å². The number of carboxylic acids is 1. The lowest BCUT2D eigenvalue weighted by Gasteiger charge is -2.32. The molecule has 5 rings (SSSR count). The van der Waals surface area contributed by atoms with Gasteiger partial charge in [-0.3, -0.25) is 9.59 Å². The van der Waals surface area contributed by atoms with Gasteiger partial charge >= 0.3 is 5.97 Å². The van der Waals surface area contributed by atoms with Gasteiger partial charge in [-0.15, -0.1) is 16.4 Å². The van der Waals surface area contributed by atoms with Crippen LogP contribution < -0.4 is 9.88 Å². The number of amides is 1. The number of carbonyl (C=O) groups excluding carboxylic acids is 1. The highest BCUT2D eigenvalue weighted by molar-refractivity contribution is 7.91. The minimum atomic E-state index is -3.89. The average molecular weight is 571 g/mol. The van der Waals surface area contributed by atoms with Gasteiger partial charge in [0.25, 0.3) is 10.0 Å². The molecule has 1 aliphatic heterocycles. The van der Waals surface area contributed by atoms with Crippen molar-refractivity contribution in [1.29, 1.82) is 0 Å². The second-order valence-electron chi connectivity index (χ2n) is 9.28. The molecule has 0 aliphatic carbocycles. The standard InChI is InChI=1S/C25H26N6O6S2/c26-39(35,36)25-27-20-7-6-19(13-22(20)38-25)37-15-18-14-31(29-28-18)21(12-16-4-2-1-3-5-16)23(32)30-10-8-17(9-11-30)24(33)34/h1-7,13-14,17,21H,8-12,15H2,(H,33,34)(H2,26,35,36). The van der Waals surface area contributed by atoms with Crippen molar-refractivity contribution in [2.24, 2.45) is 11.1 Å². The summed E-state index contributed by atoms with van der Waals surface area (Å²) >= 11 is 0.956. The fourth-order valence-electron chi connectivity index (χ4n) is 4.47. The molecule has 0 radical (unpaired) electrons. The summed E-state index contributed by atoms with van der Waals surface area (Å²) in [7, 11) is -3.89. The minimum Gasteiger partial charge on any atom is -0.487 e. The van der Waals surface area contributed by atoms with E-state index >= 15 is 0 Å². The molecule has 39 heavy (non-hydrogen) atoms. The van der Waals surface area contributed by atoms with Crippen molar-refractivity contribution in [3.63, 3.8) is 0 Å². The Kier molecular flexibility index (Phi) is 7.59. The van der Waals surface area contributed by atoms with Gasteiger partial charge in [0.15, 0.2) is 0 Å². The highest BCUT2D eigenvalue weighted by atomic mass is 32.2. The van der Waals surface area contributed by atoms with E-state index in [0.717, 1.165) is 16.9 Å². The predicted molar refractivity (Wildman–Crippen MR) is 141 cm³/mol. The van der Waals surface area contributed by atoms with Crippen LogP contribution >= 0.6 is 11.3 Å². The minimum absolute atomic E-state index is 0.0720. The Balaban J connectivity index is 1.31. The number of sulfonamides is 1. The lowest BCUT2D eigenvalue weighted by atomic mass is 9.96. The van der Waals surface area contributed by atoms with Crippen LogP contribution in [-0.4, -0.2) is 63.4 Å². The van der Waals surface area contributed by atoms with Crippen LogP contribution in [0.15, 0.2) is 59.1 Å². The zero-order valence-corrected chi connectivity index (χ0v) is 22.3. The summed E-state index contributed by atoms with van der Waals surface area (Å²) < 4.78 is 31.0. The molecule has 1 aliphatic rings. The summed E-state index contributed by atoms with van der Waals surface area (Å²) in [6.45, 7) is 0.820. The van der Waals surface area contributed by atoms with Gasteiger partial charge in [0.05, 0.1) is 22.3 Å². The van der Waals surface area contributed by atoms with E-state index in [-0.39, 0.29) is 16.9 Å². The molecule has 1 unspecified atom stereocenters. The van der Waals surface area contributed by atoms with Crippen LogP contribution in [0.25, 0.3) is 10.2 Å². The fourth-order valence-corrected chi connectivity index (χ4v) is 6.16. The summed E-state index contributed by atoms with van der Waals surface area (Å²) in [4.78, 5) is 30.6. The normalized spacial score (nSPS) is 15.4. The first kappa shape index (κ1) is 26.7. The first-order chi connectivity index (χ1) is 18.7. The van der Waals surface area contributed by atoms with Gasteiger partial charge < -0.3 is 14.7 Å². The lowest BCUT2D eigenvalue weighted by molar-refractivity contribution is -0.146. The maximum atomic E-state index is 13.6. The van der Waals surface area contributed by atoms with Crippen LogP contribution in [0.4, 0.5) is 0 Å². The zero-order valence-electron chi connectivity index (χ0n) is 20.7. The molecular weight excluding hydrogens is 544 g/mol. The fraction of sp³-hybridized carbons (Fsp3) is 0.320. The number of carbonyl (C=O) groups is 2. The van der Waals surface area contributed by atoms with Crippen molar-refractivity contribution in [2.75, 3.05) is 13.1 Å². The first-order valence-corrected chi connectivity index (χ1v) is 14.6. The molecule has 2 aromatic heterocycles. The zero-order chi connectivity index (χ0) is 27.6. The summed E-state index contributed by atoms with van der Waals surface area (Å²) in [5.74, 6) is -0.920. The second kappa shape index (κ2) is 11.1. The van der Waals surface area contributed by atoms with E-state index in [1.54, 1.807) is 29.3 Å². The number of fused-ring (bicyclic) bond motifs is 1. The van der Waals surface area contributed by atoms with E-state index in [1.807, 2.05) is 30.3 Å². The quantitative estimate of drug-likeness (QED) is 0.306. The molecule has 1 amide bonds. The summed E-state index contributed by atoms with van der Waals surface area (Å²) in [6, 6.07) is 13.9. The van der Waals surface area contributed by atoms with Crippen LogP contribution in [0.2, 0.25) is 0 Å². The number of nitrogens with two attached hydrogens (primary N) is 1.